The number of anilines is 4. The fraction of sp³-hybridized carbons (Fsp3) is 0.299. The SMILES string of the molecule is CN(C)/C=C/C(=O)c1ccc(SCCCCO)cc1.COC(=O)c1ccc(N=C(N)N)cc1.Cl.O=C(O)c1ccc(Nc2nccc(-c3ccc(SCCCCO)cc3)n2)cc1.O=C(c1ccc(Nc2nccc(-c3ccc(SCCCCO)cc3)n2)cc1)N1CCN(C(=O)c2ccco2)CC1.O=C(c1ccco1)N1CCNCC1.OCCCS. The second kappa shape index (κ2) is 55.7. The van der Waals surface area contributed by atoms with E-state index in [-0.39, 0.29) is 79.8 Å². The monoisotopic (exact) mass is 1730 g/mol. The highest BCUT2D eigenvalue weighted by Gasteiger charge is 2.27. The number of nitrogens with zero attached hydrogens (tertiary/aromatic N) is 9. The maximum atomic E-state index is 13.0. The van der Waals surface area contributed by atoms with Crippen LogP contribution in [0.3, 0.4) is 0 Å². The number of unbranched alkanes of at least 4 members (excludes halogenated alkanes) is 3. The van der Waals surface area contributed by atoms with Crippen molar-refractivity contribution in [3.63, 3.8) is 0 Å². The molecule has 120 heavy (non-hydrogen) atoms. The Kier molecular flexibility index (Phi) is 45.4. The maximum Gasteiger partial charge on any atom is 0.337 e. The quantitative estimate of drug-likeness (QED) is 0.00273. The van der Waals surface area contributed by atoms with E-state index in [4.69, 9.17) is 45.8 Å². The van der Waals surface area contributed by atoms with Gasteiger partial charge in [0.2, 0.25) is 11.9 Å². The molecule has 33 heteroatoms. The predicted molar refractivity (Wildman–Crippen MR) is 480 cm³/mol. The van der Waals surface area contributed by atoms with E-state index in [1.165, 1.54) is 41.6 Å². The number of halogens is 1. The number of thiol groups is 1. The number of carbonyl (C=O) groups excluding carboxylic acids is 5. The smallest absolute Gasteiger partial charge is 0.337 e. The number of aliphatic hydroxyl groups is 4. The van der Waals surface area contributed by atoms with Gasteiger partial charge < -0.3 is 86.1 Å². The molecule has 0 aliphatic carbocycles. The summed E-state index contributed by atoms with van der Waals surface area (Å²) in [6, 6.07) is 54.7. The van der Waals surface area contributed by atoms with Gasteiger partial charge in [0.1, 0.15) is 0 Å². The Hall–Kier alpha value is -11.0. The van der Waals surface area contributed by atoms with Gasteiger partial charge >= 0.3 is 11.9 Å². The third kappa shape index (κ3) is 35.5. The molecule has 3 amide bonds. The standard InChI is InChI=1S/C30H31N5O4S.C21H21N3O3S.C15H21NO2S.C9H11N3O2.C9H12N2O2.C3H8OS.ClH/c36-19-1-2-21-40-25-11-7-22(8-12-25)26-13-14-31-30(33-26)32-24-9-5-23(6-10-24)28(37)34-15-17-35(18-16-34)29(38)27-4-3-20-39-27;25-13-1-2-14-28-18-9-5-15(6-10-18)19-11-12-22-21(24-19)23-17-7-3-16(4-8-17)20(26)27;1-16(2)10-9-15(18)13-5-7-14(8-6-13)19-12-4-3-11-17;1-14-8(13)6-2-4-7(5-3-6)12-9(10)11;12-9(8-2-1-7-13-8)11-5-3-10-4-6-11;4-2-1-3-5;/h3-14,20,36H,1-2,15-19,21H2,(H,31,32,33);3-12,25H,1-2,13-14H2,(H,26,27)(H,22,23,24);5-10,17H,3-4,11-12H2,1-2H3;2-5H,1H3,(H4,10,11,12);1-2,7,10H,3-6H2;4-5H,1-3H2;1H/b;;10-9+;;;;. The van der Waals surface area contributed by atoms with Gasteiger partial charge in [0.15, 0.2) is 23.3 Å². The molecule has 0 spiro atoms. The molecular formula is C87H105ClN14O14S4. The number of benzene rings is 6. The maximum absolute atomic E-state index is 13.0. The molecule has 10 aromatic rings. The fourth-order valence-electron chi connectivity index (χ4n) is 10.8. The number of nitrogens with one attached hydrogen (secondary N) is 3. The first-order valence-electron chi connectivity index (χ1n) is 38.5. The second-order valence-electron chi connectivity index (χ2n) is 26.3. The highest BCUT2D eigenvalue weighted by molar-refractivity contribution is 7.99. The molecule has 6 heterocycles. The van der Waals surface area contributed by atoms with Crippen molar-refractivity contribution in [1.82, 2.24) is 44.9 Å². The molecule has 0 radical (unpaired) electrons. The number of methoxy groups -OCH3 is 1. The van der Waals surface area contributed by atoms with Gasteiger partial charge in [0, 0.05) is 166 Å². The Morgan fingerprint density at radius 1 is 0.525 bits per heavy atom. The number of hydrogen-bond acceptors (Lipinski definition) is 26. The number of piperazine rings is 2. The molecule has 0 saturated carbocycles. The third-order valence-corrected chi connectivity index (χ3v) is 20.7. The minimum absolute atomic E-state index is 0. The molecule has 0 atom stereocenters. The van der Waals surface area contributed by atoms with Crippen LogP contribution in [0.25, 0.3) is 22.5 Å². The van der Waals surface area contributed by atoms with Crippen LogP contribution in [0, 0.1) is 0 Å². The number of allylic oxidation sites excluding steroid dienone is 1. The largest absolute Gasteiger partial charge is 0.478 e. The van der Waals surface area contributed by atoms with Crippen molar-refractivity contribution >= 4 is 131 Å². The van der Waals surface area contributed by atoms with Crippen LogP contribution in [0.5, 0.6) is 0 Å². The number of guanidine groups is 1. The van der Waals surface area contributed by atoms with Crippen molar-refractivity contribution in [2.24, 2.45) is 16.5 Å². The summed E-state index contributed by atoms with van der Waals surface area (Å²) in [6.45, 7) is 6.13. The lowest BCUT2D eigenvalue weighted by Gasteiger charge is -2.34. The lowest BCUT2D eigenvalue weighted by Crippen LogP contribution is -2.50. The highest BCUT2D eigenvalue weighted by atomic mass is 35.5. The molecule has 2 saturated heterocycles. The van der Waals surface area contributed by atoms with E-state index < -0.39 is 5.97 Å². The van der Waals surface area contributed by atoms with Gasteiger partial charge in [-0.2, -0.15) is 12.6 Å². The summed E-state index contributed by atoms with van der Waals surface area (Å²) in [7, 11) is 5.10. The summed E-state index contributed by atoms with van der Waals surface area (Å²) in [6.07, 6.45) is 16.0. The first kappa shape index (κ1) is 97.8. The molecule has 6 aromatic carbocycles. The zero-order valence-electron chi connectivity index (χ0n) is 67.2. The molecule has 12 N–H and O–H groups in total. The number of carbonyl (C=O) groups is 6. The van der Waals surface area contributed by atoms with E-state index in [0.29, 0.717) is 72.0 Å². The number of rotatable bonds is 32. The van der Waals surface area contributed by atoms with Crippen LogP contribution in [0.15, 0.2) is 248 Å². The number of esters is 1. The summed E-state index contributed by atoms with van der Waals surface area (Å²) in [4.78, 5) is 103. The zero-order valence-corrected chi connectivity index (χ0v) is 71.4. The number of aromatic nitrogens is 4. The molecule has 0 unspecified atom stereocenters. The summed E-state index contributed by atoms with van der Waals surface area (Å²) in [5.41, 5.74) is 18.0. The minimum atomic E-state index is -0.959. The number of carboxylic acid groups (broad SMARTS) is 1. The molecule has 12 rings (SSSR count). The van der Waals surface area contributed by atoms with E-state index in [1.54, 1.807) is 147 Å². The number of carboxylic acids is 1. The molecule has 4 aromatic heterocycles. The van der Waals surface area contributed by atoms with E-state index in [9.17, 15) is 28.8 Å². The van der Waals surface area contributed by atoms with Gasteiger partial charge in [-0.15, -0.1) is 47.7 Å². The first-order chi connectivity index (χ1) is 57.8. The number of aliphatic hydroxyl groups excluding tert-OH is 4. The molecular weight excluding hydrogens is 1630 g/mol. The van der Waals surface area contributed by atoms with Crippen LogP contribution in [-0.2, 0) is 4.74 Å². The predicted octanol–water partition coefficient (Wildman–Crippen LogP) is 13.6. The number of ketones is 1. The van der Waals surface area contributed by atoms with Crippen LogP contribution in [0.1, 0.15) is 107 Å². The third-order valence-electron chi connectivity index (χ3n) is 17.1. The van der Waals surface area contributed by atoms with Gasteiger partial charge in [-0.3, -0.25) is 19.2 Å². The van der Waals surface area contributed by atoms with E-state index >= 15 is 0 Å². The molecule has 638 valence electrons. The van der Waals surface area contributed by atoms with Gasteiger partial charge in [0.25, 0.3) is 17.7 Å². The van der Waals surface area contributed by atoms with Crippen LogP contribution >= 0.6 is 60.3 Å². The summed E-state index contributed by atoms with van der Waals surface area (Å²) < 4.78 is 14.8. The molecule has 2 aliphatic rings. The topological polar surface area (TPSA) is 404 Å². The molecule has 2 fully saturated rings. The highest BCUT2D eigenvalue weighted by Crippen LogP contribution is 2.29. The van der Waals surface area contributed by atoms with Crippen molar-refractivity contribution in [2.45, 2.75) is 59.6 Å². The van der Waals surface area contributed by atoms with Crippen molar-refractivity contribution in [2.75, 3.05) is 134 Å². The van der Waals surface area contributed by atoms with Crippen molar-refractivity contribution < 1.29 is 67.9 Å². The van der Waals surface area contributed by atoms with Gasteiger partial charge in [-0.25, -0.2) is 34.5 Å². The van der Waals surface area contributed by atoms with Crippen LogP contribution in [0.2, 0.25) is 0 Å². The van der Waals surface area contributed by atoms with E-state index in [1.807, 2.05) is 91.8 Å². The number of nitrogens with two attached hydrogens (primary N) is 2. The van der Waals surface area contributed by atoms with Crippen molar-refractivity contribution in [1.29, 1.82) is 0 Å². The van der Waals surface area contributed by atoms with Gasteiger partial charge in [0.05, 0.1) is 47.8 Å². The Bertz CT molecular complexity index is 4700. The normalized spacial score (nSPS) is 11.9. The summed E-state index contributed by atoms with van der Waals surface area (Å²) in [5, 5.41) is 52.9. The Morgan fingerprint density at radius 3 is 1.30 bits per heavy atom. The lowest BCUT2D eigenvalue weighted by atomic mass is 10.1. The molecule has 2 aliphatic heterocycles. The van der Waals surface area contributed by atoms with Crippen molar-refractivity contribution in [3.05, 3.63) is 253 Å². The molecule has 0 bridgehead atoms. The number of aliphatic imine (C=N–C) groups is 1. The number of amides is 3. The zero-order chi connectivity index (χ0) is 85.4. The second-order valence-corrected chi connectivity index (χ2v) is 30.2. The summed E-state index contributed by atoms with van der Waals surface area (Å²) >= 11 is 9.14. The number of aromatic carboxylic acids is 1. The number of furan rings is 2. The van der Waals surface area contributed by atoms with E-state index in [2.05, 4.69) is 82.5 Å². The van der Waals surface area contributed by atoms with Gasteiger partial charge in [-0.1, -0.05) is 24.3 Å². The molecule has 28 nitrogen and oxygen atoms in total. The minimum Gasteiger partial charge on any atom is -0.478 e. The Labute approximate surface area is 724 Å². The van der Waals surface area contributed by atoms with Crippen LogP contribution < -0.4 is 27.4 Å². The lowest BCUT2D eigenvalue weighted by molar-refractivity contribution is 0.0518. The van der Waals surface area contributed by atoms with Crippen LogP contribution in [-0.4, -0.2) is 229 Å². The summed E-state index contributed by atoms with van der Waals surface area (Å²) in [5.74, 6) is 3.85. The Balaban J connectivity index is 0.000000243. The fourth-order valence-corrected chi connectivity index (χ4v) is 13.7. The first-order valence-corrected chi connectivity index (χ1v) is 42.1. The number of hydrogen-bond donors (Lipinski definition) is 11. The Morgan fingerprint density at radius 2 is 0.925 bits per heavy atom. The average molecular weight is 1730 g/mol. The van der Waals surface area contributed by atoms with Crippen molar-refractivity contribution in [3.8, 4) is 22.5 Å². The number of ether oxygens (including phenoxy) is 1. The van der Waals surface area contributed by atoms with Crippen LogP contribution in [0.4, 0.5) is 29.0 Å². The van der Waals surface area contributed by atoms with Gasteiger partial charge in [-0.05, 0) is 226 Å². The van der Waals surface area contributed by atoms with E-state index in [0.717, 1.165) is 133 Å². The number of thioether (sulfide) groups is 3. The average Bonchev–Trinajstić information content (AvgIpc) is 1.51.